The van der Waals surface area contributed by atoms with Gasteiger partial charge in [0.15, 0.2) is 6.29 Å². The van der Waals surface area contributed by atoms with E-state index in [0.29, 0.717) is 0 Å². The van der Waals surface area contributed by atoms with Gasteiger partial charge in [-0.05, 0) is 16.7 Å². The van der Waals surface area contributed by atoms with E-state index >= 15 is 0 Å². The quantitative estimate of drug-likeness (QED) is 0.571. The molecule has 0 saturated carbocycles. The molecule has 0 atom stereocenters. The van der Waals surface area contributed by atoms with E-state index in [1.165, 1.54) is 0 Å². The molecule has 2 N–H and O–H groups in total. The molecule has 110 valence electrons. The Hall–Kier alpha value is -2.42. The van der Waals surface area contributed by atoms with Gasteiger partial charge in [0.1, 0.15) is 0 Å². The summed E-state index contributed by atoms with van der Waals surface area (Å²) < 4.78 is 0. The molecule has 0 saturated heterocycles. The fourth-order valence-electron chi connectivity index (χ4n) is 3.05. The number of rotatable bonds is 4. The zero-order valence-corrected chi connectivity index (χ0v) is 12.1. The average Bonchev–Trinajstić information content (AvgIpc) is 2.58. The minimum atomic E-state index is -1.56. The zero-order valence-electron chi connectivity index (χ0n) is 12.1. The van der Waals surface area contributed by atoms with Gasteiger partial charge >= 0.3 is 0 Å². The second-order valence-electron chi connectivity index (χ2n) is 5.28. The van der Waals surface area contributed by atoms with E-state index in [9.17, 15) is 10.2 Å². The number of benzene rings is 3. The number of hydrogen-bond acceptors (Lipinski definition) is 2. The monoisotopic (exact) mass is 290 g/mol. The molecule has 2 heteroatoms. The van der Waals surface area contributed by atoms with Crippen LogP contribution in [0.4, 0.5) is 0 Å². The lowest BCUT2D eigenvalue weighted by Gasteiger charge is -2.37. The molecule has 2 nitrogen and oxygen atoms in total. The van der Waals surface area contributed by atoms with Crippen LogP contribution in [-0.4, -0.2) is 16.5 Å². The van der Waals surface area contributed by atoms with Crippen molar-refractivity contribution < 1.29 is 10.2 Å². The molecule has 0 aromatic heterocycles. The number of hydrogen-bond donors (Lipinski definition) is 2. The van der Waals surface area contributed by atoms with Gasteiger partial charge in [0.2, 0.25) is 0 Å². The minimum Gasteiger partial charge on any atom is -0.367 e. The van der Waals surface area contributed by atoms with Crippen molar-refractivity contribution in [3.8, 4) is 0 Å². The highest BCUT2D eigenvalue weighted by atomic mass is 16.5. The summed E-state index contributed by atoms with van der Waals surface area (Å²) in [6.07, 6.45) is -1.56. The normalized spacial score (nSPS) is 11.6. The summed E-state index contributed by atoms with van der Waals surface area (Å²) in [5.74, 6) is 0. The fraction of sp³-hybridized carbons (Fsp3) is 0.100. The van der Waals surface area contributed by atoms with Crippen molar-refractivity contribution in [2.24, 2.45) is 0 Å². The molecule has 0 fully saturated rings. The van der Waals surface area contributed by atoms with Gasteiger partial charge in [0.25, 0.3) is 0 Å². The molecular weight excluding hydrogens is 272 g/mol. The van der Waals surface area contributed by atoms with Gasteiger partial charge in [0, 0.05) is 0 Å². The maximum absolute atomic E-state index is 10.4. The third kappa shape index (κ3) is 2.33. The Kier molecular flexibility index (Phi) is 4.05. The molecule has 0 bridgehead atoms. The van der Waals surface area contributed by atoms with E-state index in [4.69, 9.17) is 0 Å². The summed E-state index contributed by atoms with van der Waals surface area (Å²) in [6.45, 7) is 0. The second-order valence-corrected chi connectivity index (χ2v) is 5.28. The predicted octanol–water partition coefficient (Wildman–Crippen LogP) is 3.33. The van der Waals surface area contributed by atoms with Crippen LogP contribution in [0, 0.1) is 0 Å². The van der Waals surface area contributed by atoms with Crippen molar-refractivity contribution in [3.63, 3.8) is 0 Å². The molecule has 3 rings (SSSR count). The van der Waals surface area contributed by atoms with Gasteiger partial charge in [-0.25, -0.2) is 0 Å². The lowest BCUT2D eigenvalue weighted by molar-refractivity contribution is -0.0754. The summed E-state index contributed by atoms with van der Waals surface area (Å²) in [4.78, 5) is 0. The Morgan fingerprint density at radius 1 is 0.500 bits per heavy atom. The first-order chi connectivity index (χ1) is 10.8. The first-order valence-electron chi connectivity index (χ1n) is 7.29. The van der Waals surface area contributed by atoms with Crippen LogP contribution in [0.15, 0.2) is 91.0 Å². The second kappa shape index (κ2) is 6.14. The third-order valence-corrected chi connectivity index (χ3v) is 4.07. The van der Waals surface area contributed by atoms with Crippen LogP contribution in [0.5, 0.6) is 0 Å². The number of aliphatic hydroxyl groups excluding tert-OH is 1. The van der Waals surface area contributed by atoms with Gasteiger partial charge in [-0.1, -0.05) is 91.0 Å². The van der Waals surface area contributed by atoms with Crippen molar-refractivity contribution in [2.75, 3.05) is 0 Å². The molecule has 0 aliphatic carbocycles. The molecule has 0 spiro atoms. The van der Waals surface area contributed by atoms with Crippen LogP contribution < -0.4 is 0 Å². The van der Waals surface area contributed by atoms with Crippen molar-refractivity contribution >= 4 is 0 Å². The molecule has 0 aliphatic rings. The highest BCUT2D eigenvalue weighted by molar-refractivity contribution is 5.51. The van der Waals surface area contributed by atoms with Gasteiger partial charge in [-0.3, -0.25) is 0 Å². The smallest absolute Gasteiger partial charge is 0.169 e. The lowest BCUT2D eigenvalue weighted by Crippen LogP contribution is -2.41. The highest BCUT2D eigenvalue weighted by Crippen LogP contribution is 2.41. The first kappa shape index (κ1) is 14.5. The fourth-order valence-corrected chi connectivity index (χ4v) is 3.05. The summed E-state index contributed by atoms with van der Waals surface area (Å²) in [6, 6.07) is 28.8. The summed E-state index contributed by atoms with van der Waals surface area (Å²) in [5.41, 5.74) is 1.54. The molecule has 0 unspecified atom stereocenters. The average molecular weight is 290 g/mol. The van der Waals surface area contributed by atoms with Crippen LogP contribution in [-0.2, 0) is 5.41 Å². The molecular formula is C20H18O2. The zero-order chi connectivity index (χ0) is 15.4. The van der Waals surface area contributed by atoms with Crippen LogP contribution in [0.1, 0.15) is 16.7 Å². The van der Waals surface area contributed by atoms with E-state index in [1.807, 2.05) is 91.0 Å². The van der Waals surface area contributed by atoms with Crippen LogP contribution >= 0.6 is 0 Å². The van der Waals surface area contributed by atoms with Gasteiger partial charge in [0.05, 0.1) is 5.41 Å². The van der Waals surface area contributed by atoms with Crippen LogP contribution in [0.25, 0.3) is 0 Å². The number of aliphatic hydroxyl groups is 2. The van der Waals surface area contributed by atoms with Crippen molar-refractivity contribution in [1.82, 2.24) is 0 Å². The third-order valence-electron chi connectivity index (χ3n) is 4.07. The predicted molar refractivity (Wildman–Crippen MR) is 87.4 cm³/mol. The lowest BCUT2D eigenvalue weighted by atomic mass is 9.69. The summed E-state index contributed by atoms with van der Waals surface area (Å²) >= 11 is 0. The van der Waals surface area contributed by atoms with Gasteiger partial charge in [-0.2, -0.15) is 0 Å². The first-order valence-corrected chi connectivity index (χ1v) is 7.29. The Bertz CT molecular complexity index is 610. The van der Waals surface area contributed by atoms with Gasteiger partial charge < -0.3 is 10.2 Å². The molecule has 3 aromatic carbocycles. The topological polar surface area (TPSA) is 40.5 Å². The van der Waals surface area contributed by atoms with Crippen molar-refractivity contribution in [3.05, 3.63) is 108 Å². The Balaban J connectivity index is 2.34. The molecule has 0 aliphatic heterocycles. The Labute approximate surface area is 130 Å². The maximum Gasteiger partial charge on any atom is 0.169 e. The molecule has 0 radical (unpaired) electrons. The van der Waals surface area contributed by atoms with E-state index in [0.717, 1.165) is 16.7 Å². The van der Waals surface area contributed by atoms with E-state index in [-0.39, 0.29) is 0 Å². The molecule has 3 aromatic rings. The van der Waals surface area contributed by atoms with Crippen molar-refractivity contribution in [1.29, 1.82) is 0 Å². The SMILES string of the molecule is OC(O)C(c1ccccc1)(c1ccccc1)c1ccccc1. The van der Waals surface area contributed by atoms with Gasteiger partial charge in [-0.15, -0.1) is 0 Å². The van der Waals surface area contributed by atoms with E-state index < -0.39 is 11.7 Å². The van der Waals surface area contributed by atoms with E-state index in [2.05, 4.69) is 0 Å². The highest BCUT2D eigenvalue weighted by Gasteiger charge is 2.42. The molecule has 0 amide bonds. The largest absolute Gasteiger partial charge is 0.367 e. The van der Waals surface area contributed by atoms with Crippen molar-refractivity contribution in [2.45, 2.75) is 11.7 Å². The maximum atomic E-state index is 10.4. The minimum absolute atomic E-state index is 0.849. The Morgan fingerprint density at radius 2 is 0.773 bits per heavy atom. The summed E-state index contributed by atoms with van der Waals surface area (Å²) in [7, 11) is 0. The summed E-state index contributed by atoms with van der Waals surface area (Å²) in [5, 5.41) is 20.8. The van der Waals surface area contributed by atoms with Crippen LogP contribution in [0.2, 0.25) is 0 Å². The molecule has 0 heterocycles. The van der Waals surface area contributed by atoms with E-state index in [1.54, 1.807) is 0 Å². The standard InChI is InChI=1S/C20H18O2/c21-19(22)20(16-10-4-1-5-11-16,17-12-6-2-7-13-17)18-14-8-3-9-15-18/h1-15,19,21-22H. The Morgan fingerprint density at radius 3 is 1.00 bits per heavy atom. The molecule has 22 heavy (non-hydrogen) atoms. The van der Waals surface area contributed by atoms with Crippen LogP contribution in [0.3, 0.4) is 0 Å².